The molecule has 1 N–H and O–H groups in total. The normalized spacial score (nSPS) is 18.9. The van der Waals surface area contributed by atoms with Gasteiger partial charge >= 0.3 is 0 Å². The fourth-order valence-corrected chi connectivity index (χ4v) is 2.55. The third-order valence-electron chi connectivity index (χ3n) is 3.45. The molecule has 3 rings (SSSR count). The first-order valence-electron chi connectivity index (χ1n) is 6.27. The minimum Gasteiger partial charge on any atom is -0.340 e. The lowest BCUT2D eigenvalue weighted by Gasteiger charge is -2.23. The summed E-state index contributed by atoms with van der Waals surface area (Å²) < 4.78 is 6.93. The highest BCUT2D eigenvalue weighted by molar-refractivity contribution is 5.24. The van der Waals surface area contributed by atoms with E-state index in [0.29, 0.717) is 24.3 Å². The lowest BCUT2D eigenvalue weighted by atomic mass is 9.93. The molecule has 0 bridgehead atoms. The summed E-state index contributed by atoms with van der Waals surface area (Å²) in [5, 5.41) is 11.7. The monoisotopic (exact) mass is 247 g/mol. The van der Waals surface area contributed by atoms with Crippen LogP contribution in [0.15, 0.2) is 10.7 Å². The highest BCUT2D eigenvalue weighted by atomic mass is 16.5. The first-order valence-corrected chi connectivity index (χ1v) is 6.27. The van der Waals surface area contributed by atoms with Gasteiger partial charge < -0.3 is 9.84 Å². The third-order valence-corrected chi connectivity index (χ3v) is 3.45. The van der Waals surface area contributed by atoms with Crippen molar-refractivity contribution in [3.05, 3.63) is 29.2 Å². The number of aryl methyl sites for hydroxylation is 2. The lowest BCUT2D eigenvalue weighted by Crippen LogP contribution is -2.25. The largest absolute Gasteiger partial charge is 0.340 e. The van der Waals surface area contributed by atoms with Crippen molar-refractivity contribution in [2.24, 2.45) is 7.05 Å². The molecule has 18 heavy (non-hydrogen) atoms. The van der Waals surface area contributed by atoms with Crippen LogP contribution in [0.3, 0.4) is 0 Å². The molecule has 1 unspecified atom stereocenters. The highest BCUT2D eigenvalue weighted by Gasteiger charge is 2.23. The number of rotatable bonds is 3. The SMILES string of the molecule is Cc1nc(CNC2CCCc3c2cnn3C)no1. The van der Waals surface area contributed by atoms with Crippen LogP contribution in [0.1, 0.15) is 41.9 Å². The molecule has 2 aromatic heterocycles. The van der Waals surface area contributed by atoms with E-state index in [4.69, 9.17) is 4.52 Å². The summed E-state index contributed by atoms with van der Waals surface area (Å²) in [5.41, 5.74) is 2.65. The van der Waals surface area contributed by atoms with Crippen molar-refractivity contribution in [2.45, 2.75) is 38.8 Å². The van der Waals surface area contributed by atoms with Gasteiger partial charge in [0.15, 0.2) is 5.82 Å². The zero-order valence-corrected chi connectivity index (χ0v) is 10.7. The van der Waals surface area contributed by atoms with Crippen LogP contribution in [0.2, 0.25) is 0 Å². The topological polar surface area (TPSA) is 68.8 Å². The van der Waals surface area contributed by atoms with Crippen molar-refractivity contribution in [2.75, 3.05) is 0 Å². The molecular weight excluding hydrogens is 230 g/mol. The van der Waals surface area contributed by atoms with Gasteiger partial charge in [0.1, 0.15) is 0 Å². The van der Waals surface area contributed by atoms with Crippen molar-refractivity contribution in [1.82, 2.24) is 25.2 Å². The predicted octanol–water partition coefficient (Wildman–Crippen LogP) is 1.28. The second-order valence-electron chi connectivity index (χ2n) is 4.73. The van der Waals surface area contributed by atoms with Crippen LogP contribution >= 0.6 is 0 Å². The fraction of sp³-hybridized carbons (Fsp3) is 0.583. The van der Waals surface area contributed by atoms with Gasteiger partial charge in [0.25, 0.3) is 0 Å². The van der Waals surface area contributed by atoms with Crippen molar-refractivity contribution < 1.29 is 4.52 Å². The Bertz CT molecular complexity index is 544. The smallest absolute Gasteiger partial charge is 0.223 e. The second-order valence-corrected chi connectivity index (χ2v) is 4.73. The molecule has 0 radical (unpaired) electrons. The molecule has 0 aromatic carbocycles. The van der Waals surface area contributed by atoms with Crippen LogP contribution in [-0.4, -0.2) is 19.9 Å². The Morgan fingerprint density at radius 2 is 2.44 bits per heavy atom. The van der Waals surface area contributed by atoms with Crippen LogP contribution < -0.4 is 5.32 Å². The Hall–Kier alpha value is -1.69. The number of nitrogens with zero attached hydrogens (tertiary/aromatic N) is 4. The zero-order valence-electron chi connectivity index (χ0n) is 10.7. The molecule has 0 spiro atoms. The van der Waals surface area contributed by atoms with Crippen molar-refractivity contribution in [1.29, 1.82) is 0 Å². The van der Waals surface area contributed by atoms with Gasteiger partial charge in [-0.1, -0.05) is 5.16 Å². The van der Waals surface area contributed by atoms with Gasteiger partial charge in [-0.05, 0) is 19.3 Å². The fourth-order valence-electron chi connectivity index (χ4n) is 2.55. The van der Waals surface area contributed by atoms with Gasteiger partial charge in [-0.3, -0.25) is 4.68 Å². The summed E-state index contributed by atoms with van der Waals surface area (Å²) in [6, 6.07) is 0.348. The van der Waals surface area contributed by atoms with Gasteiger partial charge in [0.05, 0.1) is 12.7 Å². The minimum atomic E-state index is 0.348. The predicted molar refractivity (Wildman–Crippen MR) is 64.8 cm³/mol. The van der Waals surface area contributed by atoms with Crippen LogP contribution in [-0.2, 0) is 20.0 Å². The molecule has 0 amide bonds. The number of aromatic nitrogens is 4. The van der Waals surface area contributed by atoms with Crippen LogP contribution in [0.4, 0.5) is 0 Å². The average molecular weight is 247 g/mol. The summed E-state index contributed by atoms with van der Waals surface area (Å²) in [7, 11) is 2.00. The Kier molecular flexibility index (Phi) is 2.87. The first kappa shape index (κ1) is 11.4. The minimum absolute atomic E-state index is 0.348. The van der Waals surface area contributed by atoms with E-state index >= 15 is 0 Å². The summed E-state index contributed by atoms with van der Waals surface area (Å²) in [6.45, 7) is 2.44. The maximum Gasteiger partial charge on any atom is 0.223 e. The summed E-state index contributed by atoms with van der Waals surface area (Å²) in [5.74, 6) is 1.32. The Morgan fingerprint density at radius 1 is 1.56 bits per heavy atom. The van der Waals surface area contributed by atoms with Crippen molar-refractivity contribution in [3.8, 4) is 0 Å². The van der Waals surface area contributed by atoms with E-state index in [1.165, 1.54) is 17.7 Å². The van der Waals surface area contributed by atoms with Gasteiger partial charge in [-0.2, -0.15) is 10.1 Å². The van der Waals surface area contributed by atoms with E-state index < -0.39 is 0 Å². The van der Waals surface area contributed by atoms with Crippen molar-refractivity contribution >= 4 is 0 Å². The molecule has 1 atom stereocenters. The Morgan fingerprint density at radius 3 is 3.22 bits per heavy atom. The molecule has 2 heterocycles. The molecule has 1 aliphatic carbocycles. The average Bonchev–Trinajstić information content (AvgIpc) is 2.94. The molecule has 1 aliphatic rings. The van der Waals surface area contributed by atoms with Crippen LogP contribution in [0.5, 0.6) is 0 Å². The number of hydrogen-bond acceptors (Lipinski definition) is 5. The molecule has 0 aliphatic heterocycles. The molecule has 0 saturated heterocycles. The Labute approximate surface area is 105 Å². The molecule has 6 nitrogen and oxygen atoms in total. The standard InChI is InChI=1S/C12H17N5O/c1-8-15-12(16-18-8)7-13-10-4-3-5-11-9(10)6-14-17(11)2/h6,10,13H,3-5,7H2,1-2H3. The van der Waals surface area contributed by atoms with E-state index in [9.17, 15) is 0 Å². The van der Waals surface area contributed by atoms with Gasteiger partial charge in [0, 0.05) is 31.3 Å². The molecule has 0 saturated carbocycles. The molecule has 96 valence electrons. The highest BCUT2D eigenvalue weighted by Crippen LogP contribution is 2.29. The van der Waals surface area contributed by atoms with Gasteiger partial charge in [-0.25, -0.2) is 0 Å². The summed E-state index contributed by atoms with van der Waals surface area (Å²) in [4.78, 5) is 4.20. The Balaban J connectivity index is 1.71. The summed E-state index contributed by atoms with van der Waals surface area (Å²) in [6.07, 6.45) is 5.41. The van der Waals surface area contributed by atoms with Gasteiger partial charge in [0.2, 0.25) is 5.89 Å². The zero-order chi connectivity index (χ0) is 12.5. The molecule has 6 heteroatoms. The molecule has 0 fully saturated rings. The second kappa shape index (κ2) is 4.53. The van der Waals surface area contributed by atoms with E-state index in [0.717, 1.165) is 12.8 Å². The van der Waals surface area contributed by atoms with Gasteiger partial charge in [-0.15, -0.1) is 0 Å². The maximum absolute atomic E-state index is 4.96. The number of hydrogen-bond donors (Lipinski definition) is 1. The first-order chi connectivity index (χ1) is 8.74. The summed E-state index contributed by atoms with van der Waals surface area (Å²) >= 11 is 0. The maximum atomic E-state index is 4.96. The number of fused-ring (bicyclic) bond motifs is 1. The van der Waals surface area contributed by atoms with E-state index in [-0.39, 0.29) is 0 Å². The number of nitrogens with one attached hydrogen (secondary N) is 1. The quantitative estimate of drug-likeness (QED) is 0.884. The van der Waals surface area contributed by atoms with Crippen LogP contribution in [0.25, 0.3) is 0 Å². The van der Waals surface area contributed by atoms with E-state index in [1.54, 1.807) is 6.92 Å². The lowest BCUT2D eigenvalue weighted by molar-refractivity contribution is 0.380. The van der Waals surface area contributed by atoms with Crippen molar-refractivity contribution in [3.63, 3.8) is 0 Å². The van der Waals surface area contributed by atoms with Crippen LogP contribution in [0, 0.1) is 6.92 Å². The molecular formula is C12H17N5O. The van der Waals surface area contributed by atoms with E-state index in [2.05, 4.69) is 20.6 Å². The third kappa shape index (κ3) is 2.03. The van der Waals surface area contributed by atoms with E-state index in [1.807, 2.05) is 17.9 Å². The molecule has 2 aromatic rings.